The molecule has 0 saturated carbocycles. The Morgan fingerprint density at radius 3 is 2.36 bits per heavy atom. The third kappa shape index (κ3) is 5.09. The van der Waals surface area contributed by atoms with Gasteiger partial charge in [-0.15, -0.1) is 5.10 Å². The number of aromatic nitrogens is 2. The molecule has 9 heteroatoms. The van der Waals surface area contributed by atoms with Crippen molar-refractivity contribution < 1.29 is 17.6 Å². The van der Waals surface area contributed by atoms with E-state index in [9.17, 15) is 13.2 Å². The molecule has 0 atom stereocenters. The summed E-state index contributed by atoms with van der Waals surface area (Å²) in [6.07, 6.45) is 0. The molecule has 0 aliphatic rings. The molecule has 33 heavy (non-hydrogen) atoms. The lowest BCUT2D eigenvalue weighted by atomic mass is 10.1. The molecule has 0 radical (unpaired) electrons. The van der Waals surface area contributed by atoms with Crippen molar-refractivity contribution >= 4 is 27.6 Å². The highest BCUT2D eigenvalue weighted by atomic mass is 32.2. The Morgan fingerprint density at radius 1 is 0.879 bits per heavy atom. The van der Waals surface area contributed by atoms with Crippen molar-refractivity contribution in [3.05, 3.63) is 89.0 Å². The fraction of sp³-hybridized carbons (Fsp3) is 0.125. The molecule has 0 spiro atoms. The second-order valence-electron chi connectivity index (χ2n) is 7.68. The summed E-state index contributed by atoms with van der Waals surface area (Å²) in [7, 11) is -3.79. The van der Waals surface area contributed by atoms with Crippen LogP contribution in [0.15, 0.2) is 76.0 Å². The van der Waals surface area contributed by atoms with Crippen LogP contribution in [0.2, 0.25) is 0 Å². The number of amides is 1. The first-order valence-corrected chi connectivity index (χ1v) is 11.6. The average Bonchev–Trinajstić information content (AvgIpc) is 3.24. The molecule has 4 aromatic rings. The minimum Gasteiger partial charge on any atom is -0.403 e. The monoisotopic (exact) mass is 462 g/mol. The minimum absolute atomic E-state index is 0.0541. The number of carbonyl (C=O) groups is 1. The average molecular weight is 463 g/mol. The Balaban J connectivity index is 1.50. The highest BCUT2D eigenvalue weighted by molar-refractivity contribution is 7.92. The Kier molecular flexibility index (Phi) is 5.97. The zero-order valence-electron chi connectivity index (χ0n) is 18.3. The van der Waals surface area contributed by atoms with Crippen molar-refractivity contribution in [1.82, 2.24) is 10.2 Å². The molecule has 2 N–H and O–H groups in total. The van der Waals surface area contributed by atoms with Gasteiger partial charge in [0.2, 0.25) is 5.89 Å². The molecule has 168 valence electrons. The van der Waals surface area contributed by atoms with Crippen LogP contribution in [-0.2, 0) is 10.0 Å². The first kappa shape index (κ1) is 22.2. The molecular weight excluding hydrogens is 440 g/mol. The third-order valence-electron chi connectivity index (χ3n) is 4.98. The predicted octanol–water partition coefficient (Wildman–Crippen LogP) is 4.71. The van der Waals surface area contributed by atoms with Gasteiger partial charge < -0.3 is 4.42 Å². The van der Waals surface area contributed by atoms with Crippen molar-refractivity contribution in [2.75, 3.05) is 10.0 Å². The first-order chi connectivity index (χ1) is 15.7. The standard InChI is InChI=1S/C24H22N4O4S/c1-15-8-11-20(12-9-15)33(30,31)28-19-6-4-5-18(14-19)22(29)25-24-27-26-23(32-24)21-13-16(2)7-10-17(21)3/h4-14,28H,1-3H3,(H,25,27,29). The van der Waals surface area contributed by atoms with Gasteiger partial charge in [-0.1, -0.05) is 46.6 Å². The van der Waals surface area contributed by atoms with E-state index in [0.717, 1.165) is 22.3 Å². The van der Waals surface area contributed by atoms with Crippen molar-refractivity contribution in [3.63, 3.8) is 0 Å². The smallest absolute Gasteiger partial charge is 0.322 e. The number of nitrogens with zero attached hydrogens (tertiary/aromatic N) is 2. The first-order valence-electron chi connectivity index (χ1n) is 10.1. The number of sulfonamides is 1. The number of aryl methyl sites for hydroxylation is 3. The van der Waals surface area contributed by atoms with Crippen LogP contribution in [-0.4, -0.2) is 24.5 Å². The lowest BCUT2D eigenvalue weighted by Gasteiger charge is -2.09. The summed E-state index contributed by atoms with van der Waals surface area (Å²) in [5.41, 5.74) is 4.24. The summed E-state index contributed by atoms with van der Waals surface area (Å²) in [6.45, 7) is 5.77. The number of anilines is 2. The van der Waals surface area contributed by atoms with Gasteiger partial charge in [0.25, 0.3) is 15.9 Å². The predicted molar refractivity (Wildman–Crippen MR) is 126 cm³/mol. The van der Waals surface area contributed by atoms with Crippen molar-refractivity contribution in [2.45, 2.75) is 25.7 Å². The maximum absolute atomic E-state index is 12.7. The number of hydrogen-bond acceptors (Lipinski definition) is 6. The van der Waals surface area contributed by atoms with Gasteiger partial charge in [-0.25, -0.2) is 8.42 Å². The van der Waals surface area contributed by atoms with Crippen LogP contribution in [0.4, 0.5) is 11.7 Å². The largest absolute Gasteiger partial charge is 0.403 e. The van der Waals surface area contributed by atoms with Gasteiger partial charge in [-0.3, -0.25) is 14.8 Å². The summed E-state index contributed by atoms with van der Waals surface area (Å²) in [4.78, 5) is 12.8. The SMILES string of the molecule is Cc1ccc(S(=O)(=O)Nc2cccc(C(=O)Nc3nnc(-c4cc(C)ccc4C)o3)c2)cc1. The molecule has 4 rings (SSSR count). The molecule has 3 aromatic carbocycles. The maximum atomic E-state index is 12.7. The van der Waals surface area contributed by atoms with E-state index in [0.29, 0.717) is 5.89 Å². The third-order valence-corrected chi connectivity index (χ3v) is 6.37. The molecule has 0 bridgehead atoms. The highest BCUT2D eigenvalue weighted by Crippen LogP contribution is 2.25. The lowest BCUT2D eigenvalue weighted by molar-refractivity contribution is 0.102. The normalized spacial score (nSPS) is 11.2. The van der Waals surface area contributed by atoms with E-state index in [1.54, 1.807) is 30.3 Å². The van der Waals surface area contributed by atoms with Crippen LogP contribution in [0.3, 0.4) is 0 Å². The fourth-order valence-corrected chi connectivity index (χ4v) is 4.22. The number of carbonyl (C=O) groups excluding carboxylic acids is 1. The zero-order chi connectivity index (χ0) is 23.6. The maximum Gasteiger partial charge on any atom is 0.322 e. The van der Waals surface area contributed by atoms with E-state index < -0.39 is 15.9 Å². The van der Waals surface area contributed by atoms with Crippen LogP contribution < -0.4 is 10.0 Å². The van der Waals surface area contributed by atoms with Crippen LogP contribution in [0.5, 0.6) is 0 Å². The van der Waals surface area contributed by atoms with Gasteiger partial charge >= 0.3 is 6.01 Å². The molecule has 1 amide bonds. The van der Waals surface area contributed by atoms with Crippen molar-refractivity contribution in [2.24, 2.45) is 0 Å². The summed E-state index contributed by atoms with van der Waals surface area (Å²) in [5.74, 6) is -0.214. The second kappa shape index (κ2) is 8.87. The fourth-order valence-electron chi connectivity index (χ4n) is 3.17. The second-order valence-corrected chi connectivity index (χ2v) is 9.37. The van der Waals surface area contributed by atoms with Gasteiger partial charge in [0.15, 0.2) is 0 Å². The molecular formula is C24H22N4O4S. The molecule has 1 aromatic heterocycles. The Labute approximate surface area is 191 Å². The number of hydrogen-bond donors (Lipinski definition) is 2. The highest BCUT2D eigenvalue weighted by Gasteiger charge is 2.17. The molecule has 0 saturated heterocycles. The van der Waals surface area contributed by atoms with Gasteiger partial charge in [0.05, 0.1) is 4.90 Å². The summed E-state index contributed by atoms with van der Waals surface area (Å²) >= 11 is 0. The Hall–Kier alpha value is -3.98. The van der Waals surface area contributed by atoms with E-state index in [1.807, 2.05) is 39.0 Å². The Bertz CT molecular complexity index is 1430. The molecule has 8 nitrogen and oxygen atoms in total. The minimum atomic E-state index is -3.79. The van der Waals surface area contributed by atoms with Crippen molar-refractivity contribution in [1.29, 1.82) is 0 Å². The summed E-state index contributed by atoms with van der Waals surface area (Å²) in [6, 6.07) is 18.4. The van der Waals surface area contributed by atoms with Crippen LogP contribution >= 0.6 is 0 Å². The quantitative estimate of drug-likeness (QED) is 0.429. The van der Waals surface area contributed by atoms with Gasteiger partial charge in [0.1, 0.15) is 0 Å². The Morgan fingerprint density at radius 2 is 1.61 bits per heavy atom. The van der Waals surface area contributed by atoms with Gasteiger partial charge in [-0.05, 0) is 62.7 Å². The van der Waals surface area contributed by atoms with E-state index in [-0.39, 0.29) is 22.2 Å². The summed E-state index contributed by atoms with van der Waals surface area (Å²) in [5, 5.41) is 10.5. The van der Waals surface area contributed by atoms with E-state index in [2.05, 4.69) is 20.2 Å². The molecule has 0 fully saturated rings. The number of rotatable bonds is 6. The van der Waals surface area contributed by atoms with E-state index in [4.69, 9.17) is 4.42 Å². The molecule has 0 unspecified atom stereocenters. The topological polar surface area (TPSA) is 114 Å². The lowest BCUT2D eigenvalue weighted by Crippen LogP contribution is -2.15. The van der Waals surface area contributed by atoms with Crippen LogP contribution in [0.25, 0.3) is 11.5 Å². The van der Waals surface area contributed by atoms with Gasteiger partial charge in [0, 0.05) is 16.8 Å². The molecule has 0 aliphatic heterocycles. The van der Waals surface area contributed by atoms with Crippen LogP contribution in [0.1, 0.15) is 27.0 Å². The van der Waals surface area contributed by atoms with Gasteiger partial charge in [-0.2, -0.15) is 0 Å². The van der Waals surface area contributed by atoms with Crippen molar-refractivity contribution in [3.8, 4) is 11.5 Å². The van der Waals surface area contributed by atoms with E-state index >= 15 is 0 Å². The summed E-state index contributed by atoms with van der Waals surface area (Å²) < 4.78 is 33.4. The molecule has 1 heterocycles. The zero-order valence-corrected chi connectivity index (χ0v) is 19.1. The molecule has 0 aliphatic carbocycles. The number of nitrogens with one attached hydrogen (secondary N) is 2. The van der Waals surface area contributed by atoms with Crippen LogP contribution in [0, 0.1) is 20.8 Å². The number of benzene rings is 3. The van der Waals surface area contributed by atoms with E-state index in [1.165, 1.54) is 18.2 Å².